The number of carbonyl (C=O) groups is 1. The van der Waals surface area contributed by atoms with Crippen LogP contribution in [-0.2, 0) is 21.0 Å². The van der Waals surface area contributed by atoms with Crippen molar-refractivity contribution in [3.8, 4) is 5.75 Å². The summed E-state index contributed by atoms with van der Waals surface area (Å²) in [5.41, 5.74) is -0.0638. The van der Waals surface area contributed by atoms with Crippen LogP contribution in [-0.4, -0.2) is 25.2 Å². The van der Waals surface area contributed by atoms with Crippen molar-refractivity contribution in [3.63, 3.8) is 0 Å². The molecule has 1 aromatic rings. The Morgan fingerprint density at radius 2 is 2.00 bits per heavy atom. The maximum Gasteiger partial charge on any atom is 0.424 e. The molecular formula is C12H18N2O5S. The van der Waals surface area contributed by atoms with Gasteiger partial charge in [0.25, 0.3) is 0 Å². The monoisotopic (exact) mass is 302 g/mol. The lowest BCUT2D eigenvalue weighted by atomic mass is 10.1. The predicted octanol–water partition coefficient (Wildman–Crippen LogP) is 1.25. The second-order valence-corrected chi connectivity index (χ2v) is 6.55. The number of hydrogen-bond acceptors (Lipinski definition) is 5. The molecule has 0 saturated heterocycles. The van der Waals surface area contributed by atoms with E-state index in [2.05, 4.69) is 14.2 Å². The Hall–Kier alpha value is -1.80. The first-order valence-electron chi connectivity index (χ1n) is 5.86. The number of hydrogen-bond donors (Lipinski definition) is 3. The van der Waals surface area contributed by atoms with Crippen LogP contribution in [0.5, 0.6) is 5.75 Å². The minimum Gasteiger partial charge on any atom is -0.508 e. The van der Waals surface area contributed by atoms with Gasteiger partial charge in [0, 0.05) is 12.1 Å². The lowest BCUT2D eigenvalue weighted by Gasteiger charge is -2.19. The number of benzene rings is 1. The highest BCUT2D eigenvalue weighted by Gasteiger charge is 2.21. The van der Waals surface area contributed by atoms with Crippen molar-refractivity contribution < 1.29 is 22.5 Å². The molecule has 0 unspecified atom stereocenters. The average Bonchev–Trinajstić information content (AvgIpc) is 2.23. The molecule has 1 aromatic carbocycles. The first-order chi connectivity index (χ1) is 9.07. The molecule has 0 saturated carbocycles. The Bertz CT molecular complexity index is 578. The van der Waals surface area contributed by atoms with Crippen LogP contribution in [0, 0.1) is 0 Å². The number of rotatable bonds is 4. The third-order valence-electron chi connectivity index (χ3n) is 2.03. The van der Waals surface area contributed by atoms with E-state index >= 15 is 0 Å². The van der Waals surface area contributed by atoms with Crippen molar-refractivity contribution in [1.82, 2.24) is 10.0 Å². The second-order valence-electron chi connectivity index (χ2n) is 5.19. The van der Waals surface area contributed by atoms with E-state index in [4.69, 9.17) is 0 Å². The molecule has 0 radical (unpaired) electrons. The van der Waals surface area contributed by atoms with Gasteiger partial charge >= 0.3 is 16.4 Å². The molecule has 0 atom stereocenters. The van der Waals surface area contributed by atoms with Crippen molar-refractivity contribution in [2.75, 3.05) is 0 Å². The van der Waals surface area contributed by atoms with E-state index in [9.17, 15) is 18.3 Å². The third kappa shape index (κ3) is 6.39. The van der Waals surface area contributed by atoms with Gasteiger partial charge in [0.1, 0.15) is 5.75 Å². The SMILES string of the molecule is CC(C)(C)NC(=O)OS(=O)(=O)NCc1cccc(O)c1. The molecule has 1 rings (SSSR count). The Labute approximate surface area is 118 Å². The lowest BCUT2D eigenvalue weighted by molar-refractivity contribution is 0.192. The van der Waals surface area contributed by atoms with Crippen molar-refractivity contribution in [1.29, 1.82) is 0 Å². The van der Waals surface area contributed by atoms with Crippen LogP contribution in [0.1, 0.15) is 26.3 Å². The summed E-state index contributed by atoms with van der Waals surface area (Å²) >= 11 is 0. The summed E-state index contributed by atoms with van der Waals surface area (Å²) in [5, 5.41) is 11.6. The number of aromatic hydroxyl groups is 1. The van der Waals surface area contributed by atoms with Gasteiger partial charge in [-0.15, -0.1) is 0 Å². The Morgan fingerprint density at radius 1 is 1.35 bits per heavy atom. The maximum absolute atomic E-state index is 11.5. The molecule has 0 aliphatic rings. The quantitative estimate of drug-likeness (QED) is 0.776. The first-order valence-corrected chi connectivity index (χ1v) is 7.27. The van der Waals surface area contributed by atoms with Crippen molar-refractivity contribution in [3.05, 3.63) is 29.8 Å². The van der Waals surface area contributed by atoms with Crippen LogP contribution in [0.3, 0.4) is 0 Å². The fourth-order valence-corrected chi connectivity index (χ4v) is 1.94. The standard InChI is InChI=1S/C12H18N2O5S/c1-12(2,3)14-11(16)19-20(17,18)13-8-9-5-4-6-10(15)7-9/h4-7,13,15H,8H2,1-3H3,(H,14,16). The van der Waals surface area contributed by atoms with Crippen molar-refractivity contribution in [2.24, 2.45) is 0 Å². The molecule has 8 heteroatoms. The molecule has 0 fully saturated rings. The summed E-state index contributed by atoms with van der Waals surface area (Å²) in [6, 6.07) is 6.06. The Morgan fingerprint density at radius 3 is 2.55 bits per heavy atom. The molecule has 3 N–H and O–H groups in total. The molecule has 0 aliphatic carbocycles. The van der Waals surface area contributed by atoms with Crippen molar-refractivity contribution >= 4 is 16.4 Å². The van der Waals surface area contributed by atoms with Crippen molar-refractivity contribution in [2.45, 2.75) is 32.9 Å². The van der Waals surface area contributed by atoms with Crippen LogP contribution in [0.15, 0.2) is 24.3 Å². The number of carbonyl (C=O) groups excluding carboxylic acids is 1. The van der Waals surface area contributed by atoms with Gasteiger partial charge in [-0.05, 0) is 38.5 Å². The van der Waals surface area contributed by atoms with E-state index in [0.29, 0.717) is 5.56 Å². The van der Waals surface area contributed by atoms with Gasteiger partial charge in [-0.1, -0.05) is 12.1 Å². The highest BCUT2D eigenvalue weighted by molar-refractivity contribution is 7.85. The van der Waals surface area contributed by atoms with Crippen LogP contribution in [0.25, 0.3) is 0 Å². The molecule has 20 heavy (non-hydrogen) atoms. The van der Waals surface area contributed by atoms with Gasteiger partial charge in [-0.3, -0.25) is 0 Å². The normalized spacial score (nSPS) is 11.9. The topological polar surface area (TPSA) is 105 Å². The van der Waals surface area contributed by atoms with Crippen LogP contribution >= 0.6 is 0 Å². The largest absolute Gasteiger partial charge is 0.508 e. The van der Waals surface area contributed by atoms with E-state index in [1.807, 2.05) is 0 Å². The highest BCUT2D eigenvalue weighted by atomic mass is 32.2. The molecule has 0 aliphatic heterocycles. The summed E-state index contributed by atoms with van der Waals surface area (Å²) in [7, 11) is -4.21. The molecular weight excluding hydrogens is 284 g/mol. The minimum absolute atomic E-state index is 0.0214. The van der Waals surface area contributed by atoms with Crippen LogP contribution in [0.2, 0.25) is 0 Å². The van der Waals surface area contributed by atoms with Gasteiger partial charge < -0.3 is 14.6 Å². The van der Waals surface area contributed by atoms with E-state index in [-0.39, 0.29) is 12.3 Å². The van der Waals surface area contributed by atoms with Gasteiger partial charge in [0.2, 0.25) is 0 Å². The molecule has 7 nitrogen and oxygen atoms in total. The Balaban J connectivity index is 2.56. The van der Waals surface area contributed by atoms with E-state index in [1.165, 1.54) is 12.1 Å². The zero-order valence-electron chi connectivity index (χ0n) is 11.5. The smallest absolute Gasteiger partial charge is 0.424 e. The zero-order chi connectivity index (χ0) is 15.4. The number of nitrogens with one attached hydrogen (secondary N) is 2. The maximum atomic E-state index is 11.5. The van der Waals surface area contributed by atoms with Gasteiger partial charge in [0.05, 0.1) is 0 Å². The van der Waals surface area contributed by atoms with E-state index in [0.717, 1.165) is 0 Å². The molecule has 0 spiro atoms. The number of phenols is 1. The molecule has 1 amide bonds. The number of amides is 1. The third-order valence-corrected chi connectivity index (χ3v) is 2.89. The van der Waals surface area contributed by atoms with E-state index in [1.54, 1.807) is 32.9 Å². The minimum atomic E-state index is -4.21. The Kier molecular flexibility index (Phi) is 4.96. The predicted molar refractivity (Wildman–Crippen MR) is 73.2 cm³/mol. The molecule has 0 aromatic heterocycles. The first kappa shape index (κ1) is 16.3. The summed E-state index contributed by atoms with van der Waals surface area (Å²) < 4.78 is 29.5. The fourth-order valence-electron chi connectivity index (χ4n) is 1.29. The second kappa shape index (κ2) is 6.10. The average molecular weight is 302 g/mol. The lowest BCUT2D eigenvalue weighted by Crippen LogP contribution is -2.43. The van der Waals surface area contributed by atoms with Gasteiger partial charge in [-0.2, -0.15) is 13.1 Å². The number of phenolic OH excluding ortho intramolecular Hbond substituents is 1. The summed E-state index contributed by atoms with van der Waals surface area (Å²) in [4.78, 5) is 11.3. The molecule has 112 valence electrons. The van der Waals surface area contributed by atoms with Gasteiger partial charge in [-0.25, -0.2) is 4.79 Å². The van der Waals surface area contributed by atoms with Crippen LogP contribution in [0.4, 0.5) is 4.79 Å². The molecule has 0 heterocycles. The van der Waals surface area contributed by atoms with Crippen LogP contribution < -0.4 is 10.0 Å². The summed E-state index contributed by atoms with van der Waals surface area (Å²) in [6.07, 6.45) is -1.05. The van der Waals surface area contributed by atoms with Gasteiger partial charge in [0.15, 0.2) is 0 Å². The zero-order valence-corrected chi connectivity index (χ0v) is 12.3. The summed E-state index contributed by atoms with van der Waals surface area (Å²) in [6.45, 7) is 4.99. The molecule has 0 bridgehead atoms. The summed E-state index contributed by atoms with van der Waals surface area (Å²) in [5.74, 6) is 0.0214. The highest BCUT2D eigenvalue weighted by Crippen LogP contribution is 2.10. The fraction of sp³-hybridized carbons (Fsp3) is 0.417. The van der Waals surface area contributed by atoms with E-state index < -0.39 is 21.9 Å².